The molecule has 0 spiro atoms. The number of ether oxygens (including phenoxy) is 4. The van der Waals surface area contributed by atoms with Gasteiger partial charge in [-0.2, -0.15) is 0 Å². The molecule has 0 aliphatic heterocycles. The molecule has 162 valence electrons. The zero-order valence-corrected chi connectivity index (χ0v) is 18.3. The smallest absolute Gasteiger partial charge is 0.347 e. The minimum absolute atomic E-state index is 0.0321. The molecule has 0 unspecified atom stereocenters. The van der Waals surface area contributed by atoms with Crippen molar-refractivity contribution in [2.45, 2.75) is 39.2 Å². The molecule has 0 saturated carbocycles. The number of carbonyl (C=O) groups excluding carboxylic acids is 2. The summed E-state index contributed by atoms with van der Waals surface area (Å²) in [5.74, 6) is 0.479. The molecule has 2 aromatic carbocycles. The normalized spacial score (nSPS) is 11.9. The number of nitrogens with one attached hydrogen (secondary N) is 1. The highest BCUT2D eigenvalue weighted by atomic mass is 16.6. The van der Waals surface area contributed by atoms with Crippen LogP contribution in [0.15, 0.2) is 42.5 Å². The van der Waals surface area contributed by atoms with Crippen molar-refractivity contribution < 1.29 is 28.5 Å². The van der Waals surface area contributed by atoms with Crippen molar-refractivity contribution in [3.05, 3.63) is 48.0 Å². The van der Waals surface area contributed by atoms with Crippen LogP contribution in [-0.4, -0.2) is 38.8 Å². The van der Waals surface area contributed by atoms with Gasteiger partial charge in [-0.15, -0.1) is 0 Å². The lowest BCUT2D eigenvalue weighted by molar-refractivity contribution is -0.153. The number of hydrogen-bond donors (Lipinski definition) is 1. The Balaban J connectivity index is 1.85. The lowest BCUT2D eigenvalue weighted by Gasteiger charge is -2.20. The molecule has 1 N–H and O–H groups in total. The van der Waals surface area contributed by atoms with E-state index in [-0.39, 0.29) is 5.41 Å². The predicted octanol–water partition coefficient (Wildman–Crippen LogP) is 3.95. The second-order valence-electron chi connectivity index (χ2n) is 7.76. The monoisotopic (exact) mass is 415 g/mol. The summed E-state index contributed by atoms with van der Waals surface area (Å²) in [7, 11) is 3.03. The summed E-state index contributed by atoms with van der Waals surface area (Å²) in [6, 6.07) is 12.5. The molecule has 30 heavy (non-hydrogen) atoms. The summed E-state index contributed by atoms with van der Waals surface area (Å²) in [5, 5.41) is 2.64. The minimum atomic E-state index is -0.848. The number of esters is 1. The van der Waals surface area contributed by atoms with Crippen molar-refractivity contribution in [2.75, 3.05) is 26.1 Å². The van der Waals surface area contributed by atoms with Gasteiger partial charge in [-0.25, -0.2) is 4.79 Å². The zero-order chi connectivity index (χ0) is 22.3. The van der Waals surface area contributed by atoms with Crippen LogP contribution in [-0.2, 0) is 19.7 Å². The Morgan fingerprint density at radius 2 is 1.60 bits per heavy atom. The summed E-state index contributed by atoms with van der Waals surface area (Å²) in [6.45, 7) is 7.51. The van der Waals surface area contributed by atoms with Crippen LogP contribution in [0.4, 0.5) is 5.69 Å². The van der Waals surface area contributed by atoms with E-state index < -0.39 is 24.6 Å². The summed E-state index contributed by atoms with van der Waals surface area (Å²) in [5.41, 5.74) is 1.69. The summed E-state index contributed by atoms with van der Waals surface area (Å²) < 4.78 is 21.0. The second kappa shape index (κ2) is 10.0. The fourth-order valence-corrected chi connectivity index (χ4v) is 2.65. The van der Waals surface area contributed by atoms with Crippen LogP contribution in [0, 0.1) is 0 Å². The van der Waals surface area contributed by atoms with Gasteiger partial charge < -0.3 is 24.3 Å². The number of methoxy groups -OCH3 is 2. The number of hydrogen-bond acceptors (Lipinski definition) is 6. The zero-order valence-electron chi connectivity index (χ0n) is 18.3. The van der Waals surface area contributed by atoms with Gasteiger partial charge in [0.1, 0.15) is 5.75 Å². The SMILES string of the molecule is COc1ccc(NC(=O)COC(=O)[C@@H](C)Oc2ccc(C(C)(C)C)cc2)cc1OC. The molecule has 2 aromatic rings. The second-order valence-corrected chi connectivity index (χ2v) is 7.76. The van der Waals surface area contributed by atoms with Gasteiger partial charge in [0.25, 0.3) is 5.91 Å². The molecule has 0 aliphatic rings. The molecule has 2 rings (SSSR count). The Bertz CT molecular complexity index is 870. The van der Waals surface area contributed by atoms with Crippen molar-refractivity contribution in [3.8, 4) is 17.2 Å². The van der Waals surface area contributed by atoms with Crippen LogP contribution < -0.4 is 19.5 Å². The Hall–Kier alpha value is -3.22. The van der Waals surface area contributed by atoms with Crippen LogP contribution in [0.5, 0.6) is 17.2 Å². The van der Waals surface area contributed by atoms with Gasteiger partial charge in [-0.05, 0) is 42.2 Å². The third-order valence-electron chi connectivity index (χ3n) is 4.38. The van der Waals surface area contributed by atoms with Crippen molar-refractivity contribution in [1.29, 1.82) is 0 Å². The number of benzene rings is 2. The molecule has 0 saturated heterocycles. The quantitative estimate of drug-likeness (QED) is 0.658. The van der Waals surface area contributed by atoms with E-state index in [1.807, 2.05) is 24.3 Å². The van der Waals surface area contributed by atoms with Crippen LogP contribution in [0.1, 0.15) is 33.3 Å². The summed E-state index contributed by atoms with van der Waals surface area (Å²) in [6.07, 6.45) is -0.848. The first-order chi connectivity index (χ1) is 14.1. The van der Waals surface area contributed by atoms with Crippen molar-refractivity contribution in [3.63, 3.8) is 0 Å². The van der Waals surface area contributed by atoms with Crippen LogP contribution in [0.3, 0.4) is 0 Å². The van der Waals surface area contributed by atoms with Crippen LogP contribution in [0.2, 0.25) is 0 Å². The standard InChI is InChI=1S/C23H29NO6/c1-15(30-18-10-7-16(8-11-18)23(2,3)4)22(26)29-14-21(25)24-17-9-12-19(27-5)20(13-17)28-6/h7-13,15H,14H2,1-6H3,(H,24,25)/t15-/m1/s1. The lowest BCUT2D eigenvalue weighted by Crippen LogP contribution is -2.29. The largest absolute Gasteiger partial charge is 0.493 e. The van der Waals surface area contributed by atoms with Gasteiger partial charge in [0.15, 0.2) is 24.2 Å². The number of amides is 1. The molecule has 0 heterocycles. The van der Waals surface area contributed by atoms with Crippen LogP contribution in [0.25, 0.3) is 0 Å². The fourth-order valence-electron chi connectivity index (χ4n) is 2.65. The van der Waals surface area contributed by atoms with Crippen molar-refractivity contribution >= 4 is 17.6 Å². The maximum atomic E-state index is 12.2. The minimum Gasteiger partial charge on any atom is -0.493 e. The highest BCUT2D eigenvalue weighted by Gasteiger charge is 2.19. The highest BCUT2D eigenvalue weighted by Crippen LogP contribution is 2.29. The van der Waals surface area contributed by atoms with E-state index in [2.05, 4.69) is 26.1 Å². The van der Waals surface area contributed by atoms with Gasteiger partial charge in [0.05, 0.1) is 14.2 Å². The van der Waals surface area contributed by atoms with E-state index in [1.54, 1.807) is 25.1 Å². The lowest BCUT2D eigenvalue weighted by atomic mass is 9.87. The molecule has 7 nitrogen and oxygen atoms in total. The topological polar surface area (TPSA) is 83.1 Å². The van der Waals surface area contributed by atoms with Crippen LogP contribution >= 0.6 is 0 Å². The molecule has 1 atom stereocenters. The molecule has 0 aromatic heterocycles. The number of rotatable bonds is 8. The summed E-state index contributed by atoms with van der Waals surface area (Å²) >= 11 is 0. The third kappa shape index (κ3) is 6.40. The van der Waals surface area contributed by atoms with Gasteiger partial charge in [0, 0.05) is 11.8 Å². The number of carbonyl (C=O) groups is 2. The Labute approximate surface area is 177 Å². The first-order valence-corrected chi connectivity index (χ1v) is 9.59. The Kier molecular flexibility index (Phi) is 7.69. The van der Waals surface area contributed by atoms with Gasteiger partial charge in [-0.3, -0.25) is 4.79 Å². The molecule has 0 aliphatic carbocycles. The predicted molar refractivity (Wildman–Crippen MR) is 114 cm³/mol. The average Bonchev–Trinajstić information content (AvgIpc) is 2.71. The first kappa shape index (κ1) is 23.1. The molecule has 7 heteroatoms. The maximum absolute atomic E-state index is 12.2. The Morgan fingerprint density at radius 3 is 2.17 bits per heavy atom. The Morgan fingerprint density at radius 1 is 0.967 bits per heavy atom. The highest BCUT2D eigenvalue weighted by molar-refractivity contribution is 5.93. The van der Waals surface area contributed by atoms with Gasteiger partial charge in [-0.1, -0.05) is 32.9 Å². The van der Waals surface area contributed by atoms with Gasteiger partial charge in [0.2, 0.25) is 0 Å². The van der Waals surface area contributed by atoms with E-state index in [1.165, 1.54) is 14.2 Å². The van der Waals surface area contributed by atoms with E-state index in [0.29, 0.717) is 22.9 Å². The van der Waals surface area contributed by atoms with Crippen molar-refractivity contribution in [2.24, 2.45) is 0 Å². The van der Waals surface area contributed by atoms with E-state index in [4.69, 9.17) is 18.9 Å². The molecule has 0 radical (unpaired) electrons. The van der Waals surface area contributed by atoms with Gasteiger partial charge >= 0.3 is 5.97 Å². The molecule has 1 amide bonds. The molecular weight excluding hydrogens is 386 g/mol. The molecule has 0 fully saturated rings. The van der Waals surface area contributed by atoms with E-state index in [0.717, 1.165) is 5.56 Å². The number of anilines is 1. The third-order valence-corrected chi connectivity index (χ3v) is 4.38. The first-order valence-electron chi connectivity index (χ1n) is 9.59. The van der Waals surface area contributed by atoms with Crippen molar-refractivity contribution in [1.82, 2.24) is 0 Å². The van der Waals surface area contributed by atoms with E-state index in [9.17, 15) is 9.59 Å². The molecule has 0 bridgehead atoms. The fraction of sp³-hybridized carbons (Fsp3) is 0.391. The summed E-state index contributed by atoms with van der Waals surface area (Å²) in [4.78, 5) is 24.2. The molecular formula is C23H29NO6. The average molecular weight is 415 g/mol. The van der Waals surface area contributed by atoms with E-state index >= 15 is 0 Å². The maximum Gasteiger partial charge on any atom is 0.347 e.